The molecule has 1 heterocycles. The van der Waals surface area contributed by atoms with Gasteiger partial charge >= 0.3 is 6.09 Å². The first-order valence-electron chi connectivity index (χ1n) is 8.05. The van der Waals surface area contributed by atoms with Gasteiger partial charge in [0.2, 0.25) is 5.91 Å². The van der Waals surface area contributed by atoms with Crippen molar-refractivity contribution >= 4 is 23.5 Å². The molecule has 2 amide bonds. The standard InChI is InChI=1S/C17H23N3O4/c1-3-24-17(23)20-9-7-19(8-10-20)16(22)12-18-15-6-4-5-14(11-15)13(2)21/h4-6,11,18H,3,7-10,12H2,1-2H3. The van der Waals surface area contributed by atoms with Gasteiger partial charge in [-0.3, -0.25) is 9.59 Å². The van der Waals surface area contributed by atoms with Crippen LogP contribution in [0.25, 0.3) is 0 Å². The van der Waals surface area contributed by atoms with E-state index in [0.29, 0.717) is 38.3 Å². The lowest BCUT2D eigenvalue weighted by Gasteiger charge is -2.34. The highest BCUT2D eigenvalue weighted by molar-refractivity contribution is 5.95. The van der Waals surface area contributed by atoms with E-state index in [2.05, 4.69) is 5.32 Å². The van der Waals surface area contributed by atoms with Gasteiger partial charge in [0, 0.05) is 37.4 Å². The lowest BCUT2D eigenvalue weighted by atomic mass is 10.1. The minimum atomic E-state index is -0.330. The summed E-state index contributed by atoms with van der Waals surface area (Å²) in [5, 5.41) is 3.04. The van der Waals surface area contributed by atoms with Crippen LogP contribution in [0.1, 0.15) is 24.2 Å². The Balaban J connectivity index is 1.81. The third-order valence-electron chi connectivity index (χ3n) is 3.87. The summed E-state index contributed by atoms with van der Waals surface area (Å²) in [5.74, 6) is -0.0493. The van der Waals surface area contributed by atoms with Crippen molar-refractivity contribution in [1.82, 2.24) is 9.80 Å². The average Bonchev–Trinajstić information content (AvgIpc) is 2.60. The molecule has 0 atom stereocenters. The first kappa shape index (κ1) is 17.8. The Morgan fingerprint density at radius 1 is 1.12 bits per heavy atom. The summed E-state index contributed by atoms with van der Waals surface area (Å²) >= 11 is 0. The van der Waals surface area contributed by atoms with Crippen molar-refractivity contribution in [1.29, 1.82) is 0 Å². The topological polar surface area (TPSA) is 79.0 Å². The Morgan fingerprint density at radius 2 is 1.79 bits per heavy atom. The second kappa shape index (κ2) is 8.33. The van der Waals surface area contributed by atoms with Crippen LogP contribution in [-0.4, -0.2) is 66.9 Å². The molecule has 1 aliphatic heterocycles. The molecule has 0 saturated carbocycles. The van der Waals surface area contributed by atoms with E-state index in [4.69, 9.17) is 4.74 Å². The molecule has 2 rings (SSSR count). The fourth-order valence-corrected chi connectivity index (χ4v) is 2.49. The highest BCUT2D eigenvalue weighted by Crippen LogP contribution is 2.11. The Hall–Kier alpha value is -2.57. The predicted molar refractivity (Wildman–Crippen MR) is 90.1 cm³/mol. The van der Waals surface area contributed by atoms with E-state index in [-0.39, 0.29) is 24.3 Å². The van der Waals surface area contributed by atoms with Gasteiger partial charge in [0.25, 0.3) is 0 Å². The van der Waals surface area contributed by atoms with Gasteiger partial charge < -0.3 is 19.9 Å². The van der Waals surface area contributed by atoms with Gasteiger partial charge in [0.1, 0.15) is 0 Å². The molecule has 7 nitrogen and oxygen atoms in total. The van der Waals surface area contributed by atoms with Crippen molar-refractivity contribution in [3.8, 4) is 0 Å². The van der Waals surface area contributed by atoms with Crippen molar-refractivity contribution in [2.24, 2.45) is 0 Å². The largest absolute Gasteiger partial charge is 0.450 e. The monoisotopic (exact) mass is 333 g/mol. The Labute approximate surface area is 141 Å². The number of anilines is 1. The molecule has 0 spiro atoms. The minimum absolute atomic E-state index is 0.0138. The molecule has 1 saturated heterocycles. The summed E-state index contributed by atoms with van der Waals surface area (Å²) in [7, 11) is 0. The lowest BCUT2D eigenvalue weighted by Crippen LogP contribution is -2.51. The smallest absolute Gasteiger partial charge is 0.409 e. The van der Waals surface area contributed by atoms with Gasteiger partial charge in [-0.05, 0) is 26.0 Å². The van der Waals surface area contributed by atoms with Gasteiger partial charge in [-0.25, -0.2) is 4.79 Å². The highest BCUT2D eigenvalue weighted by atomic mass is 16.6. The zero-order valence-corrected chi connectivity index (χ0v) is 14.1. The highest BCUT2D eigenvalue weighted by Gasteiger charge is 2.24. The van der Waals surface area contributed by atoms with Gasteiger partial charge in [-0.15, -0.1) is 0 Å². The molecule has 1 fully saturated rings. The average molecular weight is 333 g/mol. The maximum absolute atomic E-state index is 12.3. The molecular weight excluding hydrogens is 310 g/mol. The number of amides is 2. The van der Waals surface area contributed by atoms with E-state index in [0.717, 1.165) is 5.69 Å². The molecule has 1 aromatic carbocycles. The Bertz CT molecular complexity index is 610. The zero-order chi connectivity index (χ0) is 17.5. The zero-order valence-electron chi connectivity index (χ0n) is 14.1. The third-order valence-corrected chi connectivity index (χ3v) is 3.87. The molecule has 1 N–H and O–H groups in total. The van der Waals surface area contributed by atoms with Crippen LogP contribution in [0.4, 0.5) is 10.5 Å². The first-order valence-corrected chi connectivity index (χ1v) is 8.05. The summed E-state index contributed by atoms with van der Waals surface area (Å²) in [6.07, 6.45) is -0.330. The number of rotatable bonds is 5. The maximum Gasteiger partial charge on any atom is 0.409 e. The number of nitrogens with zero attached hydrogens (tertiary/aromatic N) is 2. The summed E-state index contributed by atoms with van der Waals surface area (Å²) in [6, 6.07) is 7.07. The number of Topliss-reactive ketones (excluding diaryl/α,β-unsaturated/α-hetero) is 1. The van der Waals surface area contributed by atoms with Crippen molar-refractivity contribution in [2.45, 2.75) is 13.8 Å². The number of hydrogen-bond donors (Lipinski definition) is 1. The normalized spacial score (nSPS) is 14.2. The number of carbonyl (C=O) groups is 3. The molecule has 0 unspecified atom stereocenters. The van der Waals surface area contributed by atoms with Crippen LogP contribution in [0.3, 0.4) is 0 Å². The van der Waals surface area contributed by atoms with E-state index < -0.39 is 0 Å². The number of carbonyl (C=O) groups excluding carboxylic acids is 3. The summed E-state index contributed by atoms with van der Waals surface area (Å²) in [6.45, 7) is 5.72. The second-order valence-corrected chi connectivity index (χ2v) is 5.56. The van der Waals surface area contributed by atoms with Crippen molar-refractivity contribution in [2.75, 3.05) is 44.6 Å². The van der Waals surface area contributed by atoms with Crippen LogP contribution in [0, 0.1) is 0 Å². The van der Waals surface area contributed by atoms with Gasteiger partial charge in [-0.1, -0.05) is 12.1 Å². The number of piperazine rings is 1. The van der Waals surface area contributed by atoms with Gasteiger partial charge in [0.05, 0.1) is 13.2 Å². The molecule has 1 aliphatic rings. The molecule has 1 aromatic rings. The van der Waals surface area contributed by atoms with Crippen LogP contribution in [-0.2, 0) is 9.53 Å². The molecular formula is C17H23N3O4. The van der Waals surface area contributed by atoms with Crippen LogP contribution in [0.2, 0.25) is 0 Å². The summed E-state index contributed by atoms with van der Waals surface area (Å²) in [5.41, 5.74) is 1.34. The van der Waals surface area contributed by atoms with Crippen molar-refractivity contribution < 1.29 is 19.1 Å². The molecule has 24 heavy (non-hydrogen) atoms. The fraction of sp³-hybridized carbons (Fsp3) is 0.471. The number of nitrogens with one attached hydrogen (secondary N) is 1. The summed E-state index contributed by atoms with van der Waals surface area (Å²) in [4.78, 5) is 38.6. The Kier molecular flexibility index (Phi) is 6.17. The summed E-state index contributed by atoms with van der Waals surface area (Å²) < 4.78 is 4.96. The predicted octanol–water partition coefficient (Wildman–Crippen LogP) is 1.60. The minimum Gasteiger partial charge on any atom is -0.450 e. The van der Waals surface area contributed by atoms with Gasteiger partial charge in [-0.2, -0.15) is 0 Å². The van der Waals surface area contributed by atoms with E-state index in [1.165, 1.54) is 6.92 Å². The van der Waals surface area contributed by atoms with Gasteiger partial charge in [0.15, 0.2) is 5.78 Å². The van der Waals surface area contributed by atoms with Crippen molar-refractivity contribution in [3.63, 3.8) is 0 Å². The van der Waals surface area contributed by atoms with Crippen LogP contribution in [0.15, 0.2) is 24.3 Å². The van der Waals surface area contributed by atoms with E-state index in [1.54, 1.807) is 34.9 Å². The molecule has 0 aromatic heterocycles. The SMILES string of the molecule is CCOC(=O)N1CCN(C(=O)CNc2cccc(C(C)=O)c2)CC1. The lowest BCUT2D eigenvalue weighted by molar-refractivity contribution is -0.130. The second-order valence-electron chi connectivity index (χ2n) is 5.56. The van der Waals surface area contributed by atoms with E-state index in [9.17, 15) is 14.4 Å². The number of ether oxygens (including phenoxy) is 1. The molecule has 130 valence electrons. The molecule has 0 bridgehead atoms. The first-order chi connectivity index (χ1) is 11.5. The van der Waals surface area contributed by atoms with Crippen LogP contribution >= 0.6 is 0 Å². The van der Waals surface area contributed by atoms with E-state index in [1.807, 2.05) is 6.07 Å². The van der Waals surface area contributed by atoms with Crippen molar-refractivity contribution in [3.05, 3.63) is 29.8 Å². The number of ketones is 1. The molecule has 7 heteroatoms. The number of benzene rings is 1. The molecule has 0 radical (unpaired) electrons. The maximum atomic E-state index is 12.3. The third kappa shape index (κ3) is 4.71. The van der Waals surface area contributed by atoms with Crippen LogP contribution < -0.4 is 5.32 Å². The Morgan fingerprint density at radius 3 is 2.42 bits per heavy atom. The quantitative estimate of drug-likeness (QED) is 0.828. The van der Waals surface area contributed by atoms with E-state index >= 15 is 0 Å². The fourth-order valence-electron chi connectivity index (χ4n) is 2.49. The number of hydrogen-bond acceptors (Lipinski definition) is 5. The molecule has 0 aliphatic carbocycles. The van der Waals surface area contributed by atoms with Crippen LogP contribution in [0.5, 0.6) is 0 Å².